The van der Waals surface area contributed by atoms with Gasteiger partial charge in [0.1, 0.15) is 11.9 Å². The molecule has 1 amide bonds. The van der Waals surface area contributed by atoms with Crippen LogP contribution in [0, 0.1) is 11.3 Å². The number of imidazole rings is 1. The van der Waals surface area contributed by atoms with E-state index >= 15 is 0 Å². The fourth-order valence-corrected chi connectivity index (χ4v) is 3.74. The van der Waals surface area contributed by atoms with Crippen LogP contribution in [-0.4, -0.2) is 33.4 Å². The molecule has 0 spiro atoms. The van der Waals surface area contributed by atoms with E-state index in [1.54, 1.807) is 12.1 Å². The molecule has 148 valence electrons. The molecule has 1 atom stereocenters. The fraction of sp³-hybridized carbons (Fsp3) is 0.318. The van der Waals surface area contributed by atoms with Gasteiger partial charge in [0, 0.05) is 25.8 Å². The van der Waals surface area contributed by atoms with Crippen LogP contribution in [0.15, 0.2) is 42.5 Å². The summed E-state index contributed by atoms with van der Waals surface area (Å²) in [5.74, 6) is 0.862. The number of carbonyl (C=O) groups is 1. The normalized spacial score (nSPS) is 14.7. The molecule has 7 heteroatoms. The Hall–Kier alpha value is -3.37. The number of anilines is 1. The van der Waals surface area contributed by atoms with Crippen LogP contribution >= 0.6 is 0 Å². The quantitative estimate of drug-likeness (QED) is 0.700. The van der Waals surface area contributed by atoms with Crippen molar-refractivity contribution < 1.29 is 4.79 Å². The topological polar surface area (TPSA) is 100.0 Å². The molecule has 3 N–H and O–H groups in total. The van der Waals surface area contributed by atoms with Crippen LogP contribution in [0.3, 0.4) is 0 Å². The van der Waals surface area contributed by atoms with Gasteiger partial charge in [-0.3, -0.25) is 4.79 Å². The average Bonchev–Trinajstić information content (AvgIpc) is 3.40. The number of aromatic nitrogens is 2. The third-order valence-corrected chi connectivity index (χ3v) is 5.51. The summed E-state index contributed by atoms with van der Waals surface area (Å²) in [6, 6.07) is 14.6. The molecule has 1 fully saturated rings. The summed E-state index contributed by atoms with van der Waals surface area (Å²) in [6.07, 6.45) is 2.10. The number of likely N-dealkylation sites (tertiary alicyclic amines) is 1. The van der Waals surface area contributed by atoms with Crippen molar-refractivity contribution in [3.05, 3.63) is 59.4 Å². The molecule has 2 aromatic carbocycles. The van der Waals surface area contributed by atoms with Gasteiger partial charge >= 0.3 is 0 Å². The number of nitrogens with zero attached hydrogens (tertiary/aromatic N) is 4. The van der Waals surface area contributed by atoms with Gasteiger partial charge in [-0.1, -0.05) is 6.07 Å². The minimum atomic E-state index is -0.653. The molecule has 0 bridgehead atoms. The van der Waals surface area contributed by atoms with Crippen LogP contribution in [0.5, 0.6) is 0 Å². The smallest absolute Gasteiger partial charge is 0.244 e. The first-order valence-corrected chi connectivity index (χ1v) is 9.80. The van der Waals surface area contributed by atoms with E-state index in [-0.39, 0.29) is 5.91 Å². The lowest BCUT2D eigenvalue weighted by atomic mass is 10.1. The Morgan fingerprint density at radius 1 is 1.24 bits per heavy atom. The molecule has 0 saturated carbocycles. The van der Waals surface area contributed by atoms with E-state index in [4.69, 9.17) is 16.0 Å². The maximum absolute atomic E-state index is 12.6. The summed E-state index contributed by atoms with van der Waals surface area (Å²) < 4.78 is 2.03. The summed E-state index contributed by atoms with van der Waals surface area (Å²) in [5.41, 5.74) is 10.4. The highest BCUT2D eigenvalue weighted by Gasteiger charge is 2.25. The summed E-state index contributed by atoms with van der Waals surface area (Å²) in [5, 5.41) is 12.2. The Kier molecular flexibility index (Phi) is 5.19. The van der Waals surface area contributed by atoms with E-state index in [9.17, 15) is 4.79 Å². The number of fused-ring (bicyclic) bond motifs is 1. The van der Waals surface area contributed by atoms with Crippen LogP contribution in [0.4, 0.5) is 5.69 Å². The molecular formula is C22H24N6O. The van der Waals surface area contributed by atoms with E-state index < -0.39 is 6.04 Å². The lowest BCUT2D eigenvalue weighted by Crippen LogP contribution is -2.36. The van der Waals surface area contributed by atoms with Gasteiger partial charge in [-0.15, -0.1) is 0 Å². The van der Waals surface area contributed by atoms with Gasteiger partial charge < -0.3 is 20.5 Å². The SMILES string of the molecule is Cn1c(CNc2ccc(C#N)cc2)nc2cc(C(N)C(=O)N3CCCC3)ccc21. The van der Waals surface area contributed by atoms with Crippen LogP contribution in [0.1, 0.15) is 35.8 Å². The maximum atomic E-state index is 12.6. The molecule has 0 aliphatic carbocycles. The molecule has 3 aromatic rings. The standard InChI is InChI=1S/C22H24N6O/c1-27-19-9-6-16(21(24)22(29)28-10-2-3-11-28)12-18(19)26-20(27)14-25-17-7-4-15(13-23)5-8-17/h4-9,12,21,25H,2-3,10-11,14,24H2,1H3. The number of nitrogens with two attached hydrogens (primary N) is 1. The zero-order chi connectivity index (χ0) is 20.4. The Morgan fingerprint density at radius 3 is 2.66 bits per heavy atom. The second-order valence-corrected chi connectivity index (χ2v) is 7.39. The highest BCUT2D eigenvalue weighted by atomic mass is 16.2. The Morgan fingerprint density at radius 2 is 1.97 bits per heavy atom. The van der Waals surface area contributed by atoms with E-state index in [2.05, 4.69) is 11.4 Å². The molecule has 1 aliphatic rings. The van der Waals surface area contributed by atoms with Crippen molar-refractivity contribution in [3.8, 4) is 6.07 Å². The Bertz CT molecular complexity index is 1070. The number of nitrogens with one attached hydrogen (secondary N) is 1. The van der Waals surface area contributed by atoms with Gasteiger partial charge in [0.15, 0.2) is 0 Å². The minimum absolute atomic E-state index is 0.0134. The first kappa shape index (κ1) is 19.0. The monoisotopic (exact) mass is 388 g/mol. The molecule has 4 rings (SSSR count). The third-order valence-electron chi connectivity index (χ3n) is 5.51. The first-order chi connectivity index (χ1) is 14.1. The molecule has 0 radical (unpaired) electrons. The highest BCUT2D eigenvalue weighted by molar-refractivity contribution is 5.85. The van der Waals surface area contributed by atoms with Crippen LogP contribution < -0.4 is 11.1 Å². The summed E-state index contributed by atoms with van der Waals surface area (Å²) in [4.78, 5) is 19.2. The van der Waals surface area contributed by atoms with Crippen molar-refractivity contribution in [3.63, 3.8) is 0 Å². The maximum Gasteiger partial charge on any atom is 0.244 e. The van der Waals surface area contributed by atoms with Crippen LogP contribution in [-0.2, 0) is 18.4 Å². The molecule has 1 unspecified atom stereocenters. The van der Waals surface area contributed by atoms with Crippen molar-refractivity contribution in [2.45, 2.75) is 25.4 Å². The number of hydrogen-bond acceptors (Lipinski definition) is 5. The van der Waals surface area contributed by atoms with Gasteiger partial charge in [-0.25, -0.2) is 4.98 Å². The number of amides is 1. The lowest BCUT2D eigenvalue weighted by molar-refractivity contribution is -0.131. The van der Waals surface area contributed by atoms with E-state index in [1.165, 1.54) is 0 Å². The predicted octanol–water partition coefficient (Wildman–Crippen LogP) is 2.68. The highest BCUT2D eigenvalue weighted by Crippen LogP contribution is 2.23. The Labute approximate surface area is 169 Å². The zero-order valence-electron chi connectivity index (χ0n) is 16.4. The summed E-state index contributed by atoms with van der Waals surface area (Å²) >= 11 is 0. The van der Waals surface area contributed by atoms with Gasteiger partial charge in [0.25, 0.3) is 0 Å². The average molecular weight is 388 g/mol. The molecular weight excluding hydrogens is 364 g/mol. The summed E-state index contributed by atoms with van der Waals surface area (Å²) in [7, 11) is 1.97. The number of rotatable bonds is 5. The molecule has 1 aromatic heterocycles. The first-order valence-electron chi connectivity index (χ1n) is 9.80. The zero-order valence-corrected chi connectivity index (χ0v) is 16.4. The van der Waals surface area contributed by atoms with Crippen molar-refractivity contribution >= 4 is 22.6 Å². The fourth-order valence-electron chi connectivity index (χ4n) is 3.74. The summed E-state index contributed by atoms with van der Waals surface area (Å²) in [6.45, 7) is 2.14. The number of aryl methyl sites for hydroxylation is 1. The predicted molar refractivity (Wildman–Crippen MR) is 112 cm³/mol. The van der Waals surface area contributed by atoms with Gasteiger partial charge in [-0.05, 0) is 54.8 Å². The molecule has 7 nitrogen and oxygen atoms in total. The van der Waals surface area contributed by atoms with E-state index in [0.29, 0.717) is 12.1 Å². The van der Waals surface area contributed by atoms with Crippen molar-refractivity contribution in [2.24, 2.45) is 12.8 Å². The lowest BCUT2D eigenvalue weighted by Gasteiger charge is -2.20. The second kappa shape index (κ2) is 7.94. The van der Waals surface area contributed by atoms with E-state index in [0.717, 1.165) is 54.0 Å². The van der Waals surface area contributed by atoms with Gasteiger partial charge in [-0.2, -0.15) is 5.26 Å². The van der Waals surface area contributed by atoms with Crippen LogP contribution in [0.2, 0.25) is 0 Å². The Balaban J connectivity index is 1.51. The number of benzene rings is 2. The molecule has 29 heavy (non-hydrogen) atoms. The number of carbonyl (C=O) groups excluding carboxylic acids is 1. The third kappa shape index (κ3) is 3.80. The molecule has 2 heterocycles. The van der Waals surface area contributed by atoms with Gasteiger partial charge in [0.2, 0.25) is 5.91 Å². The van der Waals surface area contributed by atoms with Crippen molar-refractivity contribution in [1.29, 1.82) is 5.26 Å². The van der Waals surface area contributed by atoms with Crippen LogP contribution in [0.25, 0.3) is 11.0 Å². The van der Waals surface area contributed by atoms with Gasteiger partial charge in [0.05, 0.1) is 29.2 Å². The van der Waals surface area contributed by atoms with Crippen molar-refractivity contribution in [2.75, 3.05) is 18.4 Å². The minimum Gasteiger partial charge on any atom is -0.378 e. The molecule has 1 aliphatic heterocycles. The second-order valence-electron chi connectivity index (χ2n) is 7.39. The van der Waals surface area contributed by atoms with E-state index in [1.807, 2.05) is 46.8 Å². The number of hydrogen-bond donors (Lipinski definition) is 2. The molecule has 1 saturated heterocycles. The van der Waals surface area contributed by atoms with Crippen molar-refractivity contribution in [1.82, 2.24) is 14.5 Å². The number of nitriles is 1. The largest absolute Gasteiger partial charge is 0.378 e.